The predicted octanol–water partition coefficient (Wildman–Crippen LogP) is 3.90. The van der Waals surface area contributed by atoms with E-state index in [2.05, 4.69) is 0 Å². The van der Waals surface area contributed by atoms with Crippen LogP contribution in [0.3, 0.4) is 0 Å². The van der Waals surface area contributed by atoms with E-state index in [0.717, 1.165) is 12.8 Å². The Hall–Kier alpha value is -3.26. The van der Waals surface area contributed by atoms with Gasteiger partial charge in [-0.2, -0.15) is 0 Å². The fourth-order valence-electron chi connectivity index (χ4n) is 3.87. The van der Waals surface area contributed by atoms with E-state index in [0.29, 0.717) is 23.4 Å². The Morgan fingerprint density at radius 1 is 1.16 bits per heavy atom. The number of halogens is 1. The molecule has 0 radical (unpaired) electrons. The molecular formula is C22H21ClN2O6. The van der Waals surface area contributed by atoms with Crippen molar-refractivity contribution < 1.29 is 24.0 Å². The van der Waals surface area contributed by atoms with E-state index in [1.165, 1.54) is 36.2 Å². The highest BCUT2D eigenvalue weighted by Crippen LogP contribution is 2.42. The summed E-state index contributed by atoms with van der Waals surface area (Å²) in [6.45, 7) is -0.578. The van der Waals surface area contributed by atoms with Crippen LogP contribution in [0.25, 0.3) is 0 Å². The maximum absolute atomic E-state index is 13.0. The number of nitro groups is 1. The number of ketones is 1. The van der Waals surface area contributed by atoms with E-state index in [1.807, 2.05) is 0 Å². The molecule has 1 aliphatic rings. The summed E-state index contributed by atoms with van der Waals surface area (Å²) in [4.78, 5) is 49.7. The highest BCUT2D eigenvalue weighted by molar-refractivity contribution is 6.31. The topological polar surface area (TPSA) is 107 Å². The van der Waals surface area contributed by atoms with Crippen LogP contribution in [0.4, 0.5) is 5.69 Å². The number of esters is 1. The van der Waals surface area contributed by atoms with Crippen molar-refractivity contribution in [1.29, 1.82) is 0 Å². The molecule has 0 saturated heterocycles. The summed E-state index contributed by atoms with van der Waals surface area (Å²) in [6.07, 6.45) is 2.24. The van der Waals surface area contributed by atoms with Gasteiger partial charge in [0.25, 0.3) is 11.6 Å². The summed E-state index contributed by atoms with van der Waals surface area (Å²) in [5, 5.41) is 11.1. The van der Waals surface area contributed by atoms with Crippen molar-refractivity contribution in [3.05, 3.63) is 74.8 Å². The van der Waals surface area contributed by atoms with Gasteiger partial charge in [0.2, 0.25) is 0 Å². The number of benzene rings is 2. The number of carbonyl (C=O) groups excluding carboxylic acids is 3. The number of ether oxygens (including phenoxy) is 1. The molecule has 0 N–H and O–H groups in total. The molecular weight excluding hydrogens is 424 g/mol. The Kier molecular flexibility index (Phi) is 6.70. The molecule has 1 amide bonds. The summed E-state index contributed by atoms with van der Waals surface area (Å²) < 4.78 is 5.10. The second-order valence-corrected chi connectivity index (χ2v) is 7.71. The lowest BCUT2D eigenvalue weighted by molar-refractivity contribution is -0.384. The Balaban J connectivity index is 1.77. The van der Waals surface area contributed by atoms with Crippen molar-refractivity contribution in [1.82, 2.24) is 4.90 Å². The number of Topliss-reactive ketones (excluding diaryl/α,β-unsaturated/α-hetero) is 1. The number of hydrogen-bond acceptors (Lipinski definition) is 6. The molecule has 9 heteroatoms. The Labute approximate surface area is 183 Å². The average molecular weight is 445 g/mol. The fraction of sp³-hybridized carbons (Fsp3) is 0.318. The molecule has 0 bridgehead atoms. The van der Waals surface area contributed by atoms with Crippen LogP contribution in [0, 0.1) is 10.1 Å². The normalized spacial score (nSPS) is 18.3. The zero-order valence-corrected chi connectivity index (χ0v) is 17.6. The number of non-ortho nitro benzene ring substituents is 1. The first-order valence-electron chi connectivity index (χ1n) is 9.74. The van der Waals surface area contributed by atoms with E-state index >= 15 is 0 Å². The standard InChI is InChI=1S/C22H21ClN2O6/c1-24(20(27)14-31-21(28)15-9-11-16(12-10-15)25(29)30)22(13-5-4-8-19(22)26)17-6-2-3-7-18(17)23/h2-3,6-7,9-12H,4-5,8,13-14H2,1H3. The van der Waals surface area contributed by atoms with Crippen LogP contribution >= 0.6 is 11.6 Å². The molecule has 1 fully saturated rings. The third-order valence-corrected chi connectivity index (χ3v) is 5.89. The van der Waals surface area contributed by atoms with Gasteiger partial charge in [-0.3, -0.25) is 19.7 Å². The molecule has 8 nitrogen and oxygen atoms in total. The minimum Gasteiger partial charge on any atom is -0.452 e. The predicted molar refractivity (Wildman–Crippen MR) is 113 cm³/mol. The molecule has 2 aromatic rings. The van der Waals surface area contributed by atoms with E-state index < -0.39 is 28.9 Å². The highest BCUT2D eigenvalue weighted by atomic mass is 35.5. The molecule has 0 aliphatic heterocycles. The van der Waals surface area contributed by atoms with Gasteiger partial charge in [0.05, 0.1) is 10.5 Å². The van der Waals surface area contributed by atoms with Crippen LogP contribution in [-0.2, 0) is 19.9 Å². The van der Waals surface area contributed by atoms with Crippen LogP contribution in [0.5, 0.6) is 0 Å². The van der Waals surface area contributed by atoms with E-state index in [1.54, 1.807) is 24.3 Å². The van der Waals surface area contributed by atoms with E-state index in [4.69, 9.17) is 16.3 Å². The van der Waals surface area contributed by atoms with E-state index in [9.17, 15) is 24.5 Å². The molecule has 162 valence electrons. The van der Waals surface area contributed by atoms with Crippen molar-refractivity contribution in [2.45, 2.75) is 31.2 Å². The molecule has 3 rings (SSSR count). The lowest BCUT2D eigenvalue weighted by Crippen LogP contribution is -2.55. The van der Waals surface area contributed by atoms with Gasteiger partial charge in [-0.25, -0.2) is 4.79 Å². The van der Waals surface area contributed by atoms with Gasteiger partial charge in [0, 0.05) is 36.2 Å². The highest BCUT2D eigenvalue weighted by Gasteiger charge is 2.48. The number of hydrogen-bond donors (Lipinski definition) is 0. The van der Waals surface area contributed by atoms with Gasteiger partial charge in [-0.1, -0.05) is 29.8 Å². The average Bonchev–Trinajstić information content (AvgIpc) is 2.77. The monoisotopic (exact) mass is 444 g/mol. The largest absolute Gasteiger partial charge is 0.452 e. The Morgan fingerprint density at radius 2 is 1.84 bits per heavy atom. The van der Waals surface area contributed by atoms with Crippen LogP contribution in [0.2, 0.25) is 5.02 Å². The molecule has 1 atom stereocenters. The summed E-state index contributed by atoms with van der Waals surface area (Å²) in [6, 6.07) is 11.8. The number of carbonyl (C=O) groups is 3. The van der Waals surface area contributed by atoms with Gasteiger partial charge in [-0.15, -0.1) is 0 Å². The maximum Gasteiger partial charge on any atom is 0.338 e. The van der Waals surface area contributed by atoms with Crippen LogP contribution in [0.15, 0.2) is 48.5 Å². The summed E-state index contributed by atoms with van der Waals surface area (Å²) in [7, 11) is 1.51. The lowest BCUT2D eigenvalue weighted by Gasteiger charge is -2.43. The molecule has 31 heavy (non-hydrogen) atoms. The van der Waals surface area contributed by atoms with Gasteiger partial charge < -0.3 is 9.64 Å². The first-order chi connectivity index (χ1) is 14.8. The molecule has 0 heterocycles. The van der Waals surface area contributed by atoms with Crippen LogP contribution < -0.4 is 0 Å². The summed E-state index contributed by atoms with van der Waals surface area (Å²) in [5.41, 5.74) is -0.743. The lowest BCUT2D eigenvalue weighted by atomic mass is 9.74. The third kappa shape index (κ3) is 4.44. The summed E-state index contributed by atoms with van der Waals surface area (Å²) >= 11 is 6.38. The minimum absolute atomic E-state index is 0.0793. The zero-order valence-electron chi connectivity index (χ0n) is 16.9. The Morgan fingerprint density at radius 3 is 2.45 bits per heavy atom. The number of nitro benzene ring substituents is 1. The number of likely N-dealkylation sites (N-methyl/N-ethyl adjacent to an activating group) is 1. The number of rotatable bonds is 6. The van der Waals surface area contributed by atoms with Crippen LogP contribution in [0.1, 0.15) is 41.6 Å². The van der Waals surface area contributed by atoms with Gasteiger partial charge in [0.15, 0.2) is 12.4 Å². The molecule has 1 saturated carbocycles. The fourth-order valence-corrected chi connectivity index (χ4v) is 4.16. The molecule has 1 unspecified atom stereocenters. The van der Waals surface area contributed by atoms with Gasteiger partial charge >= 0.3 is 5.97 Å². The second-order valence-electron chi connectivity index (χ2n) is 7.30. The third-order valence-electron chi connectivity index (χ3n) is 5.56. The first kappa shape index (κ1) is 22.4. The van der Waals surface area contributed by atoms with Crippen molar-refractivity contribution >= 4 is 34.9 Å². The second kappa shape index (κ2) is 9.26. The van der Waals surface area contributed by atoms with Crippen molar-refractivity contribution in [2.75, 3.05) is 13.7 Å². The quantitative estimate of drug-likeness (QED) is 0.380. The number of amides is 1. The molecule has 2 aromatic carbocycles. The Bertz CT molecular complexity index is 1020. The zero-order chi connectivity index (χ0) is 22.6. The SMILES string of the molecule is CN(C(=O)COC(=O)c1ccc([N+](=O)[O-])cc1)C1(c2ccccc2Cl)CCCCC1=O. The van der Waals surface area contributed by atoms with Crippen LogP contribution in [-0.4, -0.2) is 41.1 Å². The summed E-state index contributed by atoms with van der Waals surface area (Å²) in [5.74, 6) is -1.45. The number of nitrogens with zero attached hydrogens (tertiary/aromatic N) is 2. The van der Waals surface area contributed by atoms with Crippen molar-refractivity contribution in [3.8, 4) is 0 Å². The van der Waals surface area contributed by atoms with E-state index in [-0.39, 0.29) is 17.0 Å². The molecule has 0 aromatic heterocycles. The smallest absolute Gasteiger partial charge is 0.338 e. The minimum atomic E-state index is -1.21. The van der Waals surface area contributed by atoms with Crippen molar-refractivity contribution in [2.24, 2.45) is 0 Å². The molecule has 1 aliphatic carbocycles. The van der Waals surface area contributed by atoms with Crippen molar-refractivity contribution in [3.63, 3.8) is 0 Å². The van der Waals surface area contributed by atoms with Gasteiger partial charge in [-0.05, 0) is 37.5 Å². The molecule has 0 spiro atoms. The van der Waals surface area contributed by atoms with Gasteiger partial charge in [0.1, 0.15) is 5.54 Å². The maximum atomic E-state index is 13.0. The first-order valence-corrected chi connectivity index (χ1v) is 10.1.